The molecule has 0 aliphatic carbocycles. The Labute approximate surface area is 168 Å². The third-order valence-electron chi connectivity index (χ3n) is 5.08. The van der Waals surface area contributed by atoms with Gasteiger partial charge in [0.25, 0.3) is 0 Å². The van der Waals surface area contributed by atoms with Gasteiger partial charge in [0.05, 0.1) is 0 Å². The van der Waals surface area contributed by atoms with Crippen LogP contribution in [0.5, 0.6) is 0 Å². The highest BCUT2D eigenvalue weighted by molar-refractivity contribution is 5.87. The van der Waals surface area contributed by atoms with Crippen molar-refractivity contribution >= 4 is 11.9 Å². The smallest absolute Gasteiger partial charge is 0.312 e. The van der Waals surface area contributed by atoms with Gasteiger partial charge >= 0.3 is 6.03 Å². The Balaban J connectivity index is 1.64. The average molecular weight is 390 g/mol. The number of amides is 3. The molecular formula is C21H35N5O2. The lowest BCUT2D eigenvalue weighted by Crippen LogP contribution is -2.55. The van der Waals surface area contributed by atoms with Crippen LogP contribution in [0.2, 0.25) is 0 Å². The highest BCUT2D eigenvalue weighted by Crippen LogP contribution is 2.19. The summed E-state index contributed by atoms with van der Waals surface area (Å²) in [7, 11) is 0. The van der Waals surface area contributed by atoms with Gasteiger partial charge < -0.3 is 21.3 Å². The molecule has 1 aromatic rings. The van der Waals surface area contributed by atoms with Crippen LogP contribution in [0, 0.1) is 5.41 Å². The van der Waals surface area contributed by atoms with E-state index in [4.69, 9.17) is 5.73 Å². The third kappa shape index (κ3) is 7.48. The van der Waals surface area contributed by atoms with E-state index in [1.54, 1.807) is 0 Å². The highest BCUT2D eigenvalue weighted by Gasteiger charge is 2.32. The van der Waals surface area contributed by atoms with E-state index in [-0.39, 0.29) is 5.91 Å². The van der Waals surface area contributed by atoms with E-state index in [0.29, 0.717) is 6.54 Å². The fourth-order valence-corrected chi connectivity index (χ4v) is 3.45. The number of hydrogen-bond acceptors (Lipinski definition) is 4. The zero-order valence-electron chi connectivity index (χ0n) is 17.4. The first-order valence-electron chi connectivity index (χ1n) is 10.1. The summed E-state index contributed by atoms with van der Waals surface area (Å²) in [4.78, 5) is 28.5. The molecule has 7 nitrogen and oxygen atoms in total. The molecule has 7 heteroatoms. The Morgan fingerprint density at radius 1 is 1.07 bits per heavy atom. The first-order chi connectivity index (χ1) is 13.3. The van der Waals surface area contributed by atoms with Crippen molar-refractivity contribution in [3.05, 3.63) is 35.9 Å². The van der Waals surface area contributed by atoms with E-state index in [2.05, 4.69) is 44.7 Å². The van der Waals surface area contributed by atoms with E-state index in [1.807, 2.05) is 26.8 Å². The van der Waals surface area contributed by atoms with Crippen molar-refractivity contribution in [3.8, 4) is 0 Å². The molecule has 1 saturated heterocycles. The van der Waals surface area contributed by atoms with Gasteiger partial charge in [-0.15, -0.1) is 0 Å². The van der Waals surface area contributed by atoms with Crippen molar-refractivity contribution in [2.75, 3.05) is 39.3 Å². The predicted molar refractivity (Wildman–Crippen MR) is 112 cm³/mol. The van der Waals surface area contributed by atoms with E-state index < -0.39 is 17.5 Å². The second-order valence-electron chi connectivity index (χ2n) is 8.56. The van der Waals surface area contributed by atoms with Crippen LogP contribution in [0.4, 0.5) is 4.79 Å². The van der Waals surface area contributed by atoms with Crippen LogP contribution in [-0.2, 0) is 11.3 Å². The molecular weight excluding hydrogens is 354 g/mol. The highest BCUT2D eigenvalue weighted by atomic mass is 16.2. The molecule has 3 amide bonds. The number of nitrogens with two attached hydrogens (primary N) is 1. The van der Waals surface area contributed by atoms with Gasteiger partial charge in [-0.25, -0.2) is 4.79 Å². The van der Waals surface area contributed by atoms with Gasteiger partial charge in [-0.3, -0.25) is 9.69 Å². The van der Waals surface area contributed by atoms with Crippen molar-refractivity contribution in [2.45, 2.75) is 39.8 Å². The average Bonchev–Trinajstić information content (AvgIpc) is 2.64. The molecule has 0 saturated carbocycles. The lowest BCUT2D eigenvalue weighted by atomic mass is 9.86. The number of piperazine rings is 1. The van der Waals surface area contributed by atoms with Crippen molar-refractivity contribution in [2.24, 2.45) is 11.1 Å². The molecule has 1 fully saturated rings. The summed E-state index contributed by atoms with van der Waals surface area (Å²) in [6.45, 7) is 12.5. The maximum Gasteiger partial charge on any atom is 0.312 e. The quantitative estimate of drug-likeness (QED) is 0.586. The monoisotopic (exact) mass is 389 g/mol. The fraction of sp³-hybridized carbons (Fsp3) is 0.619. The zero-order chi connectivity index (χ0) is 20.6. The van der Waals surface area contributed by atoms with Gasteiger partial charge in [0.1, 0.15) is 6.04 Å². The van der Waals surface area contributed by atoms with Gasteiger partial charge in [-0.05, 0) is 23.9 Å². The molecule has 156 valence electrons. The van der Waals surface area contributed by atoms with Crippen LogP contribution >= 0.6 is 0 Å². The maximum absolute atomic E-state index is 12.4. The molecule has 0 unspecified atom stereocenters. The van der Waals surface area contributed by atoms with E-state index >= 15 is 0 Å². The molecule has 1 aromatic carbocycles. The minimum Gasteiger partial charge on any atom is -0.354 e. The molecule has 0 radical (unpaired) electrons. The number of rotatable bonds is 8. The normalized spacial score (nSPS) is 17.1. The maximum atomic E-state index is 12.4. The predicted octanol–water partition coefficient (Wildman–Crippen LogP) is 1.39. The topological polar surface area (TPSA) is 90.7 Å². The largest absolute Gasteiger partial charge is 0.354 e. The van der Waals surface area contributed by atoms with Gasteiger partial charge in [0.15, 0.2) is 0 Å². The zero-order valence-corrected chi connectivity index (χ0v) is 17.4. The van der Waals surface area contributed by atoms with Crippen LogP contribution in [0.3, 0.4) is 0 Å². The van der Waals surface area contributed by atoms with Crippen molar-refractivity contribution in [3.63, 3.8) is 0 Å². The number of primary amides is 1. The van der Waals surface area contributed by atoms with Gasteiger partial charge in [-0.2, -0.15) is 0 Å². The van der Waals surface area contributed by atoms with Crippen molar-refractivity contribution in [1.82, 2.24) is 20.4 Å². The molecule has 1 aliphatic heterocycles. The number of urea groups is 1. The van der Waals surface area contributed by atoms with Crippen LogP contribution in [0.1, 0.15) is 32.8 Å². The van der Waals surface area contributed by atoms with Crippen LogP contribution in [-0.4, -0.2) is 67.0 Å². The Hall–Kier alpha value is -2.12. The molecule has 0 aromatic heterocycles. The molecule has 2 rings (SSSR count). The lowest BCUT2D eigenvalue weighted by molar-refractivity contribution is -0.125. The summed E-state index contributed by atoms with van der Waals surface area (Å²) < 4.78 is 0. The molecule has 0 spiro atoms. The van der Waals surface area contributed by atoms with Crippen molar-refractivity contribution < 1.29 is 9.59 Å². The van der Waals surface area contributed by atoms with Gasteiger partial charge in [0.2, 0.25) is 5.91 Å². The number of carbonyl (C=O) groups excluding carboxylic acids is 2. The summed E-state index contributed by atoms with van der Waals surface area (Å²) in [5, 5.41) is 5.47. The second kappa shape index (κ2) is 10.4. The van der Waals surface area contributed by atoms with Crippen molar-refractivity contribution in [1.29, 1.82) is 0 Å². The summed E-state index contributed by atoms with van der Waals surface area (Å²) in [6.07, 6.45) is 0.887. The summed E-state index contributed by atoms with van der Waals surface area (Å²) in [6, 6.07) is 9.26. The SMILES string of the molecule is CC(C)(C)[C@H](NC(N)=O)C(=O)NCCCN1CCN(Cc2ccccc2)CC1. The first kappa shape index (κ1) is 22.2. The van der Waals surface area contributed by atoms with E-state index in [1.165, 1.54) is 5.56 Å². The molecule has 28 heavy (non-hydrogen) atoms. The second-order valence-corrected chi connectivity index (χ2v) is 8.56. The first-order valence-corrected chi connectivity index (χ1v) is 10.1. The lowest BCUT2D eigenvalue weighted by Gasteiger charge is -2.34. The minimum atomic E-state index is -0.677. The molecule has 4 N–H and O–H groups in total. The number of nitrogens with zero attached hydrogens (tertiary/aromatic N) is 2. The molecule has 1 atom stereocenters. The fourth-order valence-electron chi connectivity index (χ4n) is 3.45. The standard InChI is InChI=1S/C21H35N5O2/c1-21(2,3)18(24-20(22)28)19(27)23-10-7-11-25-12-14-26(15-13-25)16-17-8-5-4-6-9-17/h4-6,8-9,18H,7,10-16H2,1-3H3,(H,23,27)(H3,22,24,28)/t18-/m1/s1. The summed E-state index contributed by atoms with van der Waals surface area (Å²) in [5.41, 5.74) is 6.16. The van der Waals surface area contributed by atoms with E-state index in [9.17, 15) is 9.59 Å². The number of hydrogen-bond donors (Lipinski definition) is 3. The van der Waals surface area contributed by atoms with Crippen LogP contribution < -0.4 is 16.4 Å². The Morgan fingerprint density at radius 2 is 1.68 bits per heavy atom. The number of carbonyl (C=O) groups is 2. The Kier molecular flexibility index (Phi) is 8.26. The van der Waals surface area contributed by atoms with E-state index in [0.717, 1.165) is 45.7 Å². The minimum absolute atomic E-state index is 0.181. The Morgan fingerprint density at radius 3 is 2.25 bits per heavy atom. The summed E-state index contributed by atoms with van der Waals surface area (Å²) in [5.74, 6) is -0.181. The van der Waals surface area contributed by atoms with Gasteiger partial charge in [0, 0.05) is 39.3 Å². The Bertz CT molecular complexity index is 621. The summed E-state index contributed by atoms with van der Waals surface area (Å²) >= 11 is 0. The number of benzene rings is 1. The molecule has 0 bridgehead atoms. The molecule has 1 heterocycles. The third-order valence-corrected chi connectivity index (χ3v) is 5.08. The van der Waals surface area contributed by atoms with Crippen LogP contribution in [0.15, 0.2) is 30.3 Å². The van der Waals surface area contributed by atoms with Gasteiger partial charge in [-0.1, -0.05) is 51.1 Å². The number of nitrogens with one attached hydrogen (secondary N) is 2. The van der Waals surface area contributed by atoms with Crippen LogP contribution in [0.25, 0.3) is 0 Å². The molecule has 1 aliphatic rings.